The van der Waals surface area contributed by atoms with Crippen molar-refractivity contribution in [1.82, 2.24) is 15.6 Å². The molecule has 6 heteroatoms. The number of guanidine groups is 1. The van der Waals surface area contributed by atoms with Crippen LogP contribution in [-0.2, 0) is 13.0 Å². The van der Waals surface area contributed by atoms with E-state index in [1.807, 2.05) is 26.4 Å². The second-order valence-electron chi connectivity index (χ2n) is 6.67. The molecule has 0 aliphatic heterocycles. The molecular weight excluding hydrogens is 341 g/mol. The zero-order valence-electron chi connectivity index (χ0n) is 16.0. The molecule has 1 heterocycles. The fraction of sp³-hybridized carbons (Fsp3) is 0.286. The fourth-order valence-electron chi connectivity index (χ4n) is 3.03. The number of nitrogens with one attached hydrogen (secondary N) is 3. The van der Waals surface area contributed by atoms with Gasteiger partial charge in [0.05, 0.1) is 0 Å². The van der Waals surface area contributed by atoms with Crippen LogP contribution in [0.3, 0.4) is 0 Å². The van der Waals surface area contributed by atoms with Crippen molar-refractivity contribution in [2.75, 3.05) is 32.6 Å². The second-order valence-corrected chi connectivity index (χ2v) is 6.67. The van der Waals surface area contributed by atoms with E-state index < -0.39 is 0 Å². The van der Waals surface area contributed by atoms with Crippen molar-refractivity contribution in [1.29, 1.82) is 0 Å². The van der Waals surface area contributed by atoms with E-state index >= 15 is 0 Å². The Hall–Kier alpha value is -3.02. The standard InChI is InChI=1S/C21H26FN5/c1-23-21(26-13-15-5-4-6-18(11-15)27(2)3)24-10-9-16-14-25-20-12-17(22)7-8-19(16)20/h4-8,11-12,14,25H,9-10,13H2,1-3H3,(H2,23,24,26). The Labute approximate surface area is 159 Å². The first-order chi connectivity index (χ1) is 13.1. The van der Waals surface area contributed by atoms with Crippen LogP contribution in [0.2, 0.25) is 0 Å². The molecule has 0 spiro atoms. The molecule has 0 radical (unpaired) electrons. The van der Waals surface area contributed by atoms with Gasteiger partial charge in [-0.2, -0.15) is 0 Å². The number of aliphatic imine (C=N–C) groups is 1. The highest BCUT2D eigenvalue weighted by molar-refractivity contribution is 5.83. The van der Waals surface area contributed by atoms with Crippen molar-refractivity contribution in [2.24, 2.45) is 4.99 Å². The largest absolute Gasteiger partial charge is 0.378 e. The molecule has 3 N–H and O–H groups in total. The molecule has 27 heavy (non-hydrogen) atoms. The van der Waals surface area contributed by atoms with Gasteiger partial charge >= 0.3 is 0 Å². The molecule has 0 aliphatic carbocycles. The van der Waals surface area contributed by atoms with Gasteiger partial charge in [0.25, 0.3) is 0 Å². The van der Waals surface area contributed by atoms with Gasteiger partial charge < -0.3 is 20.5 Å². The van der Waals surface area contributed by atoms with Crippen molar-refractivity contribution in [3.8, 4) is 0 Å². The second kappa shape index (κ2) is 8.58. The van der Waals surface area contributed by atoms with Crippen LogP contribution >= 0.6 is 0 Å². The minimum Gasteiger partial charge on any atom is -0.378 e. The molecule has 0 unspecified atom stereocenters. The number of benzene rings is 2. The minimum absolute atomic E-state index is 0.225. The van der Waals surface area contributed by atoms with Gasteiger partial charge in [0, 0.05) is 57.0 Å². The number of hydrogen-bond acceptors (Lipinski definition) is 2. The van der Waals surface area contributed by atoms with Crippen LogP contribution in [-0.4, -0.2) is 38.6 Å². The normalized spacial score (nSPS) is 11.6. The van der Waals surface area contributed by atoms with Gasteiger partial charge in [0.1, 0.15) is 5.82 Å². The first-order valence-corrected chi connectivity index (χ1v) is 9.03. The van der Waals surface area contributed by atoms with Gasteiger partial charge in [0.2, 0.25) is 0 Å². The maximum atomic E-state index is 13.3. The summed E-state index contributed by atoms with van der Waals surface area (Å²) >= 11 is 0. The van der Waals surface area contributed by atoms with E-state index in [0.29, 0.717) is 6.54 Å². The molecular formula is C21H26FN5. The van der Waals surface area contributed by atoms with Gasteiger partial charge in [-0.1, -0.05) is 12.1 Å². The highest BCUT2D eigenvalue weighted by atomic mass is 19.1. The van der Waals surface area contributed by atoms with Crippen LogP contribution in [0.25, 0.3) is 10.9 Å². The van der Waals surface area contributed by atoms with E-state index in [-0.39, 0.29) is 5.82 Å². The van der Waals surface area contributed by atoms with E-state index in [1.54, 1.807) is 7.05 Å². The molecule has 142 valence electrons. The van der Waals surface area contributed by atoms with Crippen LogP contribution in [0, 0.1) is 5.82 Å². The summed E-state index contributed by atoms with van der Waals surface area (Å²) in [6.45, 7) is 1.44. The summed E-state index contributed by atoms with van der Waals surface area (Å²) in [5.41, 5.74) is 4.36. The van der Waals surface area contributed by atoms with Crippen molar-refractivity contribution < 1.29 is 4.39 Å². The summed E-state index contributed by atoms with van der Waals surface area (Å²) in [5.74, 6) is 0.535. The average molecular weight is 367 g/mol. The number of anilines is 1. The Morgan fingerprint density at radius 2 is 2.00 bits per heavy atom. The number of aromatic amines is 1. The number of fused-ring (bicyclic) bond motifs is 1. The van der Waals surface area contributed by atoms with Crippen molar-refractivity contribution in [3.63, 3.8) is 0 Å². The van der Waals surface area contributed by atoms with Crippen LogP contribution < -0.4 is 15.5 Å². The van der Waals surface area contributed by atoms with Crippen molar-refractivity contribution in [2.45, 2.75) is 13.0 Å². The number of nitrogens with zero attached hydrogens (tertiary/aromatic N) is 2. The topological polar surface area (TPSA) is 55.5 Å². The molecule has 2 aromatic carbocycles. The molecule has 0 aliphatic rings. The van der Waals surface area contributed by atoms with E-state index in [9.17, 15) is 4.39 Å². The monoisotopic (exact) mass is 367 g/mol. The van der Waals surface area contributed by atoms with Crippen molar-refractivity contribution >= 4 is 22.5 Å². The molecule has 0 atom stereocenters. The van der Waals surface area contributed by atoms with E-state index in [0.717, 1.165) is 35.4 Å². The third-order valence-electron chi connectivity index (χ3n) is 4.53. The average Bonchev–Trinajstić information content (AvgIpc) is 3.06. The van der Waals surface area contributed by atoms with Gasteiger partial charge in [-0.15, -0.1) is 0 Å². The summed E-state index contributed by atoms with van der Waals surface area (Å²) < 4.78 is 13.3. The number of halogens is 1. The van der Waals surface area contributed by atoms with E-state index in [1.165, 1.54) is 23.4 Å². The maximum Gasteiger partial charge on any atom is 0.191 e. The van der Waals surface area contributed by atoms with Gasteiger partial charge in [-0.3, -0.25) is 4.99 Å². The molecule has 0 amide bonds. The lowest BCUT2D eigenvalue weighted by Gasteiger charge is -2.15. The Balaban J connectivity index is 1.52. The zero-order valence-corrected chi connectivity index (χ0v) is 16.0. The molecule has 0 saturated heterocycles. The molecule has 0 saturated carbocycles. The van der Waals surface area contributed by atoms with Gasteiger partial charge in [-0.25, -0.2) is 4.39 Å². The van der Waals surface area contributed by atoms with Crippen LogP contribution in [0.1, 0.15) is 11.1 Å². The van der Waals surface area contributed by atoms with E-state index in [4.69, 9.17) is 0 Å². The molecule has 3 aromatic rings. The zero-order chi connectivity index (χ0) is 19.2. The Kier molecular flexibility index (Phi) is 5.96. The quantitative estimate of drug-likeness (QED) is 0.463. The summed E-state index contributed by atoms with van der Waals surface area (Å²) in [7, 11) is 5.83. The SMILES string of the molecule is CN=C(NCCc1c[nH]c2cc(F)ccc12)NCc1cccc(N(C)C)c1. The molecule has 1 aromatic heterocycles. The number of aromatic nitrogens is 1. The van der Waals surface area contributed by atoms with Gasteiger partial charge in [0.15, 0.2) is 5.96 Å². The Morgan fingerprint density at radius 3 is 2.78 bits per heavy atom. The Bertz CT molecular complexity index is 929. The summed E-state index contributed by atoms with van der Waals surface area (Å²) in [6, 6.07) is 13.2. The summed E-state index contributed by atoms with van der Waals surface area (Å²) in [5, 5.41) is 7.73. The highest BCUT2D eigenvalue weighted by Gasteiger charge is 2.05. The first-order valence-electron chi connectivity index (χ1n) is 9.03. The number of hydrogen-bond donors (Lipinski definition) is 3. The third-order valence-corrected chi connectivity index (χ3v) is 4.53. The minimum atomic E-state index is -0.225. The maximum absolute atomic E-state index is 13.3. The summed E-state index contributed by atoms with van der Waals surface area (Å²) in [4.78, 5) is 9.49. The van der Waals surface area contributed by atoms with Crippen molar-refractivity contribution in [3.05, 3.63) is 65.6 Å². The molecule has 0 bridgehead atoms. The molecule has 0 fully saturated rings. The van der Waals surface area contributed by atoms with E-state index in [2.05, 4.69) is 49.8 Å². The van der Waals surface area contributed by atoms with Gasteiger partial charge in [-0.05, 0) is 47.9 Å². The predicted octanol–water partition coefficient (Wildman–Crippen LogP) is 3.28. The molecule has 5 nitrogen and oxygen atoms in total. The summed E-state index contributed by atoms with van der Waals surface area (Å²) in [6.07, 6.45) is 2.76. The molecule has 3 rings (SSSR count). The lowest BCUT2D eigenvalue weighted by atomic mass is 10.1. The number of rotatable bonds is 6. The lowest BCUT2D eigenvalue weighted by molar-refractivity contribution is 0.629. The van der Waals surface area contributed by atoms with Crippen LogP contribution in [0.15, 0.2) is 53.7 Å². The third kappa shape index (κ3) is 4.78. The first kappa shape index (κ1) is 18.8. The highest BCUT2D eigenvalue weighted by Crippen LogP contribution is 2.19. The lowest BCUT2D eigenvalue weighted by Crippen LogP contribution is -2.37. The fourth-order valence-corrected chi connectivity index (χ4v) is 3.03. The number of H-pyrrole nitrogens is 1. The van der Waals surface area contributed by atoms with Crippen LogP contribution in [0.4, 0.5) is 10.1 Å². The van der Waals surface area contributed by atoms with Crippen LogP contribution in [0.5, 0.6) is 0 Å². The Morgan fingerprint density at radius 1 is 1.15 bits per heavy atom. The smallest absolute Gasteiger partial charge is 0.191 e. The predicted molar refractivity (Wildman–Crippen MR) is 111 cm³/mol.